The van der Waals surface area contributed by atoms with Crippen LogP contribution in [-0.4, -0.2) is 49.0 Å². The monoisotopic (exact) mass is 437 g/mol. The molecule has 0 bridgehead atoms. The van der Waals surface area contributed by atoms with Crippen molar-refractivity contribution in [2.45, 2.75) is 12.8 Å². The van der Waals surface area contributed by atoms with Crippen molar-refractivity contribution < 1.29 is 28.8 Å². The molecule has 0 saturated carbocycles. The van der Waals surface area contributed by atoms with Gasteiger partial charge in [0.15, 0.2) is 23.1 Å². The van der Waals surface area contributed by atoms with Crippen LogP contribution in [0, 0.1) is 11.3 Å². The standard InChI is InChI=1S/C23H23N3O6/c1-29-19-10-14(11-20(30-2)22(19)31-3)8-9-21(28)32-13-18(27)15(12-24)23-25-16-6-4-5-7-17(16)26-23/h4-7,10-11,27H,8-9,13H2,1-3H3,(H,25,26)/b18-15-. The number of aromatic nitrogens is 2. The number of H-pyrrole nitrogens is 1. The number of methoxy groups -OCH3 is 3. The maximum atomic E-state index is 12.2. The maximum absolute atomic E-state index is 12.2. The lowest BCUT2D eigenvalue weighted by Crippen LogP contribution is -2.10. The number of aromatic amines is 1. The molecule has 3 rings (SSSR count). The number of ether oxygens (including phenoxy) is 4. The molecule has 1 heterocycles. The van der Waals surface area contributed by atoms with Crippen LogP contribution in [0.15, 0.2) is 42.2 Å². The summed E-state index contributed by atoms with van der Waals surface area (Å²) >= 11 is 0. The average molecular weight is 437 g/mol. The highest BCUT2D eigenvalue weighted by atomic mass is 16.5. The van der Waals surface area contributed by atoms with Gasteiger partial charge >= 0.3 is 5.97 Å². The third kappa shape index (κ3) is 4.92. The smallest absolute Gasteiger partial charge is 0.306 e. The lowest BCUT2D eigenvalue weighted by molar-refractivity contribution is -0.143. The Morgan fingerprint density at radius 1 is 1.12 bits per heavy atom. The summed E-state index contributed by atoms with van der Waals surface area (Å²) in [6.45, 7) is -0.436. The molecule has 3 aromatic rings. The Hall–Kier alpha value is -4.19. The Bertz CT molecular complexity index is 1130. The molecule has 2 N–H and O–H groups in total. The zero-order valence-electron chi connectivity index (χ0n) is 18.0. The number of nitrogens with one attached hydrogen (secondary N) is 1. The van der Waals surface area contributed by atoms with E-state index < -0.39 is 12.6 Å². The zero-order chi connectivity index (χ0) is 23.1. The Balaban J connectivity index is 1.64. The molecule has 0 aliphatic rings. The Morgan fingerprint density at radius 3 is 2.41 bits per heavy atom. The molecule has 166 valence electrons. The summed E-state index contributed by atoms with van der Waals surface area (Å²) in [4.78, 5) is 19.4. The number of nitriles is 1. The lowest BCUT2D eigenvalue weighted by Gasteiger charge is -2.14. The van der Waals surface area contributed by atoms with Gasteiger partial charge < -0.3 is 29.0 Å². The first kappa shape index (κ1) is 22.5. The summed E-state index contributed by atoms with van der Waals surface area (Å²) in [5.41, 5.74) is 2.09. The number of esters is 1. The molecular formula is C23H23N3O6. The number of fused-ring (bicyclic) bond motifs is 1. The number of aliphatic hydroxyl groups excluding tert-OH is 1. The first-order valence-electron chi connectivity index (χ1n) is 9.72. The minimum Gasteiger partial charge on any atom is -0.507 e. The molecule has 0 atom stereocenters. The number of carbonyl (C=O) groups is 1. The van der Waals surface area contributed by atoms with Crippen LogP contribution >= 0.6 is 0 Å². The van der Waals surface area contributed by atoms with Crippen molar-refractivity contribution in [2.75, 3.05) is 27.9 Å². The Labute approximate surface area is 184 Å². The SMILES string of the molecule is COc1cc(CCC(=O)OC/C(O)=C(\C#N)c2nc3ccccc3[nH]2)cc(OC)c1OC. The van der Waals surface area contributed by atoms with Crippen molar-refractivity contribution in [1.29, 1.82) is 5.26 Å². The molecule has 0 unspecified atom stereocenters. The zero-order valence-corrected chi connectivity index (χ0v) is 18.0. The predicted molar refractivity (Wildman–Crippen MR) is 117 cm³/mol. The van der Waals surface area contributed by atoms with E-state index in [4.69, 9.17) is 18.9 Å². The quantitative estimate of drug-likeness (QED) is 0.296. The minimum absolute atomic E-state index is 0.0540. The summed E-state index contributed by atoms with van der Waals surface area (Å²) in [5.74, 6) is 0.728. The van der Waals surface area contributed by atoms with Crippen LogP contribution in [0.1, 0.15) is 17.8 Å². The third-order valence-corrected chi connectivity index (χ3v) is 4.74. The van der Waals surface area contributed by atoms with E-state index in [1.165, 1.54) is 21.3 Å². The van der Waals surface area contributed by atoms with Crippen molar-refractivity contribution in [2.24, 2.45) is 0 Å². The van der Waals surface area contributed by atoms with Gasteiger partial charge in [-0.25, -0.2) is 4.98 Å². The summed E-state index contributed by atoms with van der Waals surface area (Å²) in [5, 5.41) is 19.7. The van der Waals surface area contributed by atoms with E-state index >= 15 is 0 Å². The molecule has 0 radical (unpaired) electrons. The molecule has 2 aromatic carbocycles. The summed E-state index contributed by atoms with van der Waals surface area (Å²) < 4.78 is 21.0. The van der Waals surface area contributed by atoms with Gasteiger partial charge in [-0.3, -0.25) is 4.79 Å². The highest BCUT2D eigenvalue weighted by molar-refractivity contribution is 5.83. The van der Waals surface area contributed by atoms with E-state index in [1.807, 2.05) is 18.2 Å². The fourth-order valence-electron chi connectivity index (χ4n) is 3.14. The summed E-state index contributed by atoms with van der Waals surface area (Å²) in [6, 6.07) is 12.6. The van der Waals surface area contributed by atoms with E-state index in [2.05, 4.69) is 9.97 Å². The average Bonchev–Trinajstić information content (AvgIpc) is 3.24. The molecule has 0 spiro atoms. The van der Waals surface area contributed by atoms with Crippen molar-refractivity contribution in [3.63, 3.8) is 0 Å². The highest BCUT2D eigenvalue weighted by Gasteiger charge is 2.16. The van der Waals surface area contributed by atoms with Crippen LogP contribution in [-0.2, 0) is 16.0 Å². The normalized spacial score (nSPS) is 11.4. The number of rotatable bonds is 9. The molecule has 9 heteroatoms. The van der Waals surface area contributed by atoms with Crippen molar-refractivity contribution in [3.05, 3.63) is 53.5 Å². The van der Waals surface area contributed by atoms with Crippen molar-refractivity contribution in [1.82, 2.24) is 9.97 Å². The summed E-state index contributed by atoms with van der Waals surface area (Å²) in [7, 11) is 4.54. The maximum Gasteiger partial charge on any atom is 0.306 e. The molecule has 0 aliphatic carbocycles. The number of aryl methyl sites for hydroxylation is 1. The van der Waals surface area contributed by atoms with Gasteiger partial charge in [0.2, 0.25) is 5.75 Å². The fraction of sp³-hybridized carbons (Fsp3) is 0.261. The Kier molecular flexibility index (Phi) is 7.18. The van der Waals surface area contributed by atoms with E-state index in [0.29, 0.717) is 29.2 Å². The second-order valence-corrected chi connectivity index (χ2v) is 6.73. The molecular weight excluding hydrogens is 414 g/mol. The first-order valence-corrected chi connectivity index (χ1v) is 9.72. The van der Waals surface area contributed by atoms with E-state index in [9.17, 15) is 15.2 Å². The van der Waals surface area contributed by atoms with Gasteiger partial charge in [-0.15, -0.1) is 0 Å². The van der Waals surface area contributed by atoms with Gasteiger partial charge in [-0.1, -0.05) is 12.1 Å². The fourth-order valence-corrected chi connectivity index (χ4v) is 3.14. The highest BCUT2D eigenvalue weighted by Crippen LogP contribution is 2.38. The lowest BCUT2D eigenvalue weighted by atomic mass is 10.1. The van der Waals surface area contributed by atoms with Crippen LogP contribution < -0.4 is 14.2 Å². The largest absolute Gasteiger partial charge is 0.507 e. The van der Waals surface area contributed by atoms with Crippen LogP contribution in [0.25, 0.3) is 16.6 Å². The molecule has 0 fully saturated rings. The number of nitrogens with zero attached hydrogens (tertiary/aromatic N) is 2. The third-order valence-electron chi connectivity index (χ3n) is 4.74. The van der Waals surface area contributed by atoms with Crippen LogP contribution in [0.4, 0.5) is 0 Å². The number of aliphatic hydroxyl groups is 1. The second kappa shape index (κ2) is 10.2. The Morgan fingerprint density at radius 2 is 1.81 bits per heavy atom. The molecule has 32 heavy (non-hydrogen) atoms. The molecule has 1 aromatic heterocycles. The van der Waals surface area contributed by atoms with Gasteiger partial charge in [0.05, 0.1) is 32.4 Å². The van der Waals surface area contributed by atoms with Crippen molar-refractivity contribution in [3.8, 4) is 23.3 Å². The molecule has 0 aliphatic heterocycles. The van der Waals surface area contributed by atoms with E-state index in [-0.39, 0.29) is 23.6 Å². The van der Waals surface area contributed by atoms with Gasteiger partial charge in [-0.05, 0) is 36.2 Å². The molecule has 0 amide bonds. The van der Waals surface area contributed by atoms with E-state index in [0.717, 1.165) is 11.1 Å². The number of hydrogen-bond acceptors (Lipinski definition) is 8. The van der Waals surface area contributed by atoms with Gasteiger partial charge in [0, 0.05) is 6.42 Å². The van der Waals surface area contributed by atoms with E-state index in [1.54, 1.807) is 24.3 Å². The van der Waals surface area contributed by atoms with Gasteiger partial charge in [0.25, 0.3) is 0 Å². The molecule has 0 saturated heterocycles. The number of imidazole rings is 1. The van der Waals surface area contributed by atoms with Crippen LogP contribution in [0.2, 0.25) is 0 Å². The second-order valence-electron chi connectivity index (χ2n) is 6.73. The predicted octanol–water partition coefficient (Wildman–Crippen LogP) is 3.56. The van der Waals surface area contributed by atoms with Crippen LogP contribution in [0.5, 0.6) is 17.2 Å². The minimum atomic E-state index is -0.535. The number of carbonyl (C=O) groups excluding carboxylic acids is 1. The van der Waals surface area contributed by atoms with Gasteiger partial charge in [-0.2, -0.15) is 5.26 Å². The number of benzene rings is 2. The van der Waals surface area contributed by atoms with Crippen LogP contribution in [0.3, 0.4) is 0 Å². The number of allylic oxidation sites excluding steroid dienone is 1. The summed E-state index contributed by atoms with van der Waals surface area (Å²) in [6.07, 6.45) is 0.410. The number of para-hydroxylation sites is 2. The first-order chi connectivity index (χ1) is 15.5. The van der Waals surface area contributed by atoms with Gasteiger partial charge in [0.1, 0.15) is 18.2 Å². The molecule has 9 nitrogen and oxygen atoms in total. The van der Waals surface area contributed by atoms with Crippen molar-refractivity contribution >= 4 is 22.6 Å². The topological polar surface area (TPSA) is 127 Å². The number of hydrogen-bond donors (Lipinski definition) is 2.